The van der Waals surface area contributed by atoms with Crippen molar-refractivity contribution in [2.45, 2.75) is 12.8 Å². The molecule has 3 aromatic heterocycles. The van der Waals surface area contributed by atoms with E-state index in [2.05, 4.69) is 35.4 Å². The topological polar surface area (TPSA) is 105 Å². The van der Waals surface area contributed by atoms with Crippen molar-refractivity contribution in [3.8, 4) is 5.82 Å². The number of H-pyrrole nitrogens is 1. The van der Waals surface area contributed by atoms with Crippen LogP contribution in [0, 0.1) is 5.92 Å². The number of hydrogen-bond donors (Lipinski definition) is 2. The van der Waals surface area contributed by atoms with Crippen molar-refractivity contribution in [3.63, 3.8) is 0 Å². The number of piperidine rings is 1. The van der Waals surface area contributed by atoms with Crippen LogP contribution < -0.4 is 10.2 Å². The second-order valence-electron chi connectivity index (χ2n) is 7.10. The number of anilines is 2. The molecule has 1 atom stereocenters. The van der Waals surface area contributed by atoms with Gasteiger partial charge in [0.2, 0.25) is 11.9 Å². The number of nitrogens with one attached hydrogen (secondary N) is 2. The maximum absolute atomic E-state index is 12.8. The van der Waals surface area contributed by atoms with Crippen molar-refractivity contribution >= 4 is 28.7 Å². The number of carbonyl (C=O) groups is 1. The van der Waals surface area contributed by atoms with Gasteiger partial charge in [-0.2, -0.15) is 0 Å². The van der Waals surface area contributed by atoms with Crippen molar-refractivity contribution in [1.82, 2.24) is 29.7 Å². The fraction of sp³-hybridized carbons (Fsp3) is 0.250. The second-order valence-corrected chi connectivity index (χ2v) is 7.10. The minimum absolute atomic E-state index is 0.0308. The molecule has 1 saturated heterocycles. The Bertz CT molecular complexity index is 1090. The average molecular weight is 388 g/mol. The van der Waals surface area contributed by atoms with E-state index < -0.39 is 0 Å². The number of fused-ring (bicyclic) bond motifs is 1. The molecule has 1 amide bonds. The van der Waals surface area contributed by atoms with Gasteiger partial charge in [0.15, 0.2) is 11.6 Å². The van der Waals surface area contributed by atoms with Crippen molar-refractivity contribution in [3.05, 3.63) is 55.1 Å². The molecule has 146 valence electrons. The molecule has 5 rings (SSSR count). The Morgan fingerprint density at radius 1 is 1.14 bits per heavy atom. The van der Waals surface area contributed by atoms with Gasteiger partial charge in [-0.25, -0.2) is 9.97 Å². The molecule has 1 aromatic carbocycles. The van der Waals surface area contributed by atoms with Crippen LogP contribution in [0.25, 0.3) is 16.9 Å². The van der Waals surface area contributed by atoms with Crippen molar-refractivity contribution < 1.29 is 4.79 Å². The van der Waals surface area contributed by atoms with Crippen LogP contribution in [-0.4, -0.2) is 48.7 Å². The molecule has 4 aromatic rings. The fourth-order valence-electron chi connectivity index (χ4n) is 3.65. The van der Waals surface area contributed by atoms with E-state index in [1.807, 2.05) is 42.6 Å². The van der Waals surface area contributed by atoms with Crippen LogP contribution >= 0.6 is 0 Å². The number of benzene rings is 1. The third-order valence-electron chi connectivity index (χ3n) is 5.15. The first-order valence-corrected chi connectivity index (χ1v) is 9.59. The molecule has 0 aliphatic carbocycles. The highest BCUT2D eigenvalue weighted by Gasteiger charge is 2.27. The van der Waals surface area contributed by atoms with E-state index >= 15 is 0 Å². The van der Waals surface area contributed by atoms with Crippen LogP contribution in [0.1, 0.15) is 12.8 Å². The molecular weight excluding hydrogens is 368 g/mol. The van der Waals surface area contributed by atoms with Gasteiger partial charge in [0, 0.05) is 25.5 Å². The molecule has 9 heteroatoms. The average Bonchev–Trinajstić information content (AvgIpc) is 3.43. The van der Waals surface area contributed by atoms with Crippen LogP contribution in [-0.2, 0) is 4.79 Å². The van der Waals surface area contributed by atoms with Crippen LogP contribution in [0.5, 0.6) is 0 Å². The van der Waals surface area contributed by atoms with E-state index in [0.29, 0.717) is 18.3 Å². The van der Waals surface area contributed by atoms with Gasteiger partial charge in [-0.1, -0.05) is 12.1 Å². The Kier molecular flexibility index (Phi) is 4.39. The van der Waals surface area contributed by atoms with Crippen molar-refractivity contribution in [2.24, 2.45) is 5.92 Å². The molecule has 1 aliphatic rings. The summed E-state index contributed by atoms with van der Waals surface area (Å²) in [5.74, 6) is 1.80. The summed E-state index contributed by atoms with van der Waals surface area (Å²) in [7, 11) is 0. The lowest BCUT2D eigenvalue weighted by atomic mass is 9.97. The summed E-state index contributed by atoms with van der Waals surface area (Å²) in [6, 6.07) is 11.5. The molecule has 9 nitrogen and oxygen atoms in total. The smallest absolute Gasteiger partial charge is 0.231 e. The van der Waals surface area contributed by atoms with Gasteiger partial charge < -0.3 is 9.88 Å². The highest BCUT2D eigenvalue weighted by molar-refractivity contribution is 5.93. The minimum atomic E-state index is -0.132. The largest absolute Gasteiger partial charge is 0.354 e. The zero-order valence-electron chi connectivity index (χ0n) is 15.7. The number of aromatic amines is 1. The number of hydrogen-bond acceptors (Lipinski definition) is 6. The summed E-state index contributed by atoms with van der Waals surface area (Å²) >= 11 is 0. The number of para-hydroxylation sites is 2. The zero-order valence-corrected chi connectivity index (χ0v) is 15.7. The maximum Gasteiger partial charge on any atom is 0.231 e. The Hall–Kier alpha value is -3.75. The highest BCUT2D eigenvalue weighted by Crippen LogP contribution is 2.23. The predicted molar refractivity (Wildman–Crippen MR) is 109 cm³/mol. The SMILES string of the molecule is O=C(Nc1nc2ccccc2[nH]1)C1CCCN(c2ccc(-n3ccnc3)nn2)C1. The predicted octanol–water partition coefficient (Wildman–Crippen LogP) is 2.39. The Labute approximate surface area is 166 Å². The van der Waals surface area contributed by atoms with Gasteiger partial charge in [-0.3, -0.25) is 14.7 Å². The zero-order chi connectivity index (χ0) is 19.6. The summed E-state index contributed by atoms with van der Waals surface area (Å²) in [6.45, 7) is 1.46. The molecule has 0 spiro atoms. The fourth-order valence-corrected chi connectivity index (χ4v) is 3.65. The van der Waals surface area contributed by atoms with Crippen LogP contribution in [0.3, 0.4) is 0 Å². The standard InChI is InChI=1S/C20H20N8O/c29-19(24-20-22-15-5-1-2-6-16(15)23-20)14-4-3-10-27(12-14)17-7-8-18(26-25-17)28-11-9-21-13-28/h1-2,5-9,11,13-14H,3-4,10,12H2,(H2,22,23,24,29). The van der Waals surface area contributed by atoms with Crippen LogP contribution in [0.2, 0.25) is 0 Å². The lowest BCUT2D eigenvalue weighted by Crippen LogP contribution is -2.41. The molecule has 0 radical (unpaired) electrons. The Morgan fingerprint density at radius 2 is 2.00 bits per heavy atom. The third-order valence-corrected chi connectivity index (χ3v) is 5.15. The second kappa shape index (κ2) is 7.34. The molecule has 1 aliphatic heterocycles. The van der Waals surface area contributed by atoms with Gasteiger partial charge in [0.1, 0.15) is 6.33 Å². The summed E-state index contributed by atoms with van der Waals surface area (Å²) in [4.78, 5) is 26.5. The number of nitrogens with zero attached hydrogens (tertiary/aromatic N) is 6. The van der Waals surface area contributed by atoms with Gasteiger partial charge in [0.05, 0.1) is 17.0 Å². The molecule has 0 saturated carbocycles. The number of amides is 1. The first-order chi connectivity index (χ1) is 14.3. The van der Waals surface area contributed by atoms with Crippen molar-refractivity contribution in [2.75, 3.05) is 23.3 Å². The summed E-state index contributed by atoms with van der Waals surface area (Å²) < 4.78 is 1.80. The molecule has 2 N–H and O–H groups in total. The van der Waals surface area contributed by atoms with Gasteiger partial charge in [-0.05, 0) is 37.1 Å². The van der Waals surface area contributed by atoms with Gasteiger partial charge in [-0.15, -0.1) is 10.2 Å². The van der Waals surface area contributed by atoms with E-state index in [9.17, 15) is 4.79 Å². The minimum Gasteiger partial charge on any atom is -0.354 e. The maximum atomic E-state index is 12.8. The number of aromatic nitrogens is 6. The van der Waals surface area contributed by atoms with Crippen molar-refractivity contribution in [1.29, 1.82) is 0 Å². The molecule has 1 unspecified atom stereocenters. The quantitative estimate of drug-likeness (QED) is 0.556. The molecule has 29 heavy (non-hydrogen) atoms. The molecule has 1 fully saturated rings. The number of carbonyl (C=O) groups excluding carboxylic acids is 1. The van der Waals surface area contributed by atoms with Gasteiger partial charge >= 0.3 is 0 Å². The van der Waals surface area contributed by atoms with Crippen LogP contribution in [0.15, 0.2) is 55.1 Å². The monoisotopic (exact) mass is 388 g/mol. The summed E-state index contributed by atoms with van der Waals surface area (Å²) in [5, 5.41) is 11.5. The highest BCUT2D eigenvalue weighted by atomic mass is 16.2. The Balaban J connectivity index is 1.26. The van der Waals surface area contributed by atoms with E-state index in [1.54, 1.807) is 17.1 Å². The van der Waals surface area contributed by atoms with E-state index in [1.165, 1.54) is 0 Å². The van der Waals surface area contributed by atoms with E-state index in [0.717, 1.165) is 36.2 Å². The molecule has 0 bridgehead atoms. The normalized spacial score (nSPS) is 16.8. The first-order valence-electron chi connectivity index (χ1n) is 9.59. The molecular formula is C20H20N8O. The van der Waals surface area contributed by atoms with E-state index in [-0.39, 0.29) is 11.8 Å². The summed E-state index contributed by atoms with van der Waals surface area (Å²) in [6.07, 6.45) is 6.96. The molecule has 4 heterocycles. The van der Waals surface area contributed by atoms with Gasteiger partial charge in [0.25, 0.3) is 0 Å². The Morgan fingerprint density at radius 3 is 2.79 bits per heavy atom. The number of imidazole rings is 2. The lowest BCUT2D eigenvalue weighted by molar-refractivity contribution is -0.120. The third kappa shape index (κ3) is 3.54. The van der Waals surface area contributed by atoms with Crippen LogP contribution in [0.4, 0.5) is 11.8 Å². The first kappa shape index (κ1) is 17.4. The summed E-state index contributed by atoms with van der Waals surface area (Å²) in [5.41, 5.74) is 1.74. The van der Waals surface area contributed by atoms with E-state index in [4.69, 9.17) is 0 Å². The lowest BCUT2D eigenvalue weighted by Gasteiger charge is -2.32. The number of rotatable bonds is 4.